The van der Waals surface area contributed by atoms with Crippen molar-refractivity contribution in [1.82, 2.24) is 0 Å². The van der Waals surface area contributed by atoms with Crippen molar-refractivity contribution in [3.63, 3.8) is 0 Å². The predicted octanol–water partition coefficient (Wildman–Crippen LogP) is 3.12. The molecule has 0 unspecified atom stereocenters. The average molecular weight is 321 g/mol. The first-order chi connectivity index (χ1) is 10.3. The number of aryl methyl sites for hydroxylation is 2. The Morgan fingerprint density at radius 2 is 1.82 bits per heavy atom. The Morgan fingerprint density at radius 1 is 1.14 bits per heavy atom. The summed E-state index contributed by atoms with van der Waals surface area (Å²) < 4.78 is 29.2. The van der Waals surface area contributed by atoms with Gasteiger partial charge in [-0.15, -0.1) is 0 Å². The molecule has 2 aromatic rings. The molecule has 22 heavy (non-hydrogen) atoms. The van der Waals surface area contributed by atoms with Crippen LogP contribution in [0.15, 0.2) is 42.5 Å². The van der Waals surface area contributed by atoms with Crippen LogP contribution in [0.1, 0.15) is 16.7 Å². The van der Waals surface area contributed by atoms with E-state index in [1.807, 2.05) is 0 Å². The number of rotatable bonds is 5. The molecule has 0 saturated heterocycles. The van der Waals surface area contributed by atoms with Crippen LogP contribution in [0.25, 0.3) is 0 Å². The van der Waals surface area contributed by atoms with Crippen molar-refractivity contribution in [1.29, 1.82) is 0 Å². The van der Waals surface area contributed by atoms with E-state index in [2.05, 4.69) is 0 Å². The molecule has 0 bridgehead atoms. The lowest BCUT2D eigenvalue weighted by Gasteiger charge is -2.09. The predicted molar refractivity (Wildman–Crippen MR) is 82.3 cm³/mol. The molecule has 0 aliphatic carbocycles. The molecular formula is C15H15NO5S. The van der Waals surface area contributed by atoms with E-state index >= 15 is 0 Å². The number of hydrogen-bond donors (Lipinski definition) is 0. The van der Waals surface area contributed by atoms with E-state index in [0.717, 1.165) is 5.56 Å². The Bertz CT molecular complexity index is 814. The van der Waals surface area contributed by atoms with E-state index in [1.54, 1.807) is 44.2 Å². The lowest BCUT2D eigenvalue weighted by atomic mass is 10.1. The van der Waals surface area contributed by atoms with Crippen molar-refractivity contribution in [2.45, 2.75) is 19.6 Å². The monoisotopic (exact) mass is 321 g/mol. The van der Waals surface area contributed by atoms with E-state index in [4.69, 9.17) is 4.18 Å². The summed E-state index contributed by atoms with van der Waals surface area (Å²) in [6.45, 7) is 3.47. The fourth-order valence-electron chi connectivity index (χ4n) is 1.97. The van der Waals surface area contributed by atoms with E-state index < -0.39 is 15.0 Å². The maximum Gasteiger partial charge on any atom is 0.313 e. The molecule has 0 aliphatic heterocycles. The minimum absolute atomic E-state index is 0.274. The molecule has 0 heterocycles. The Labute approximate surface area is 128 Å². The van der Waals surface area contributed by atoms with Crippen molar-refractivity contribution in [3.8, 4) is 5.75 Å². The normalized spacial score (nSPS) is 11.2. The number of nitro benzene ring substituents is 1. The van der Waals surface area contributed by atoms with Gasteiger partial charge in [-0.05, 0) is 36.6 Å². The molecule has 0 fully saturated rings. The molecule has 0 amide bonds. The van der Waals surface area contributed by atoms with Gasteiger partial charge < -0.3 is 4.18 Å². The third-order valence-corrected chi connectivity index (χ3v) is 4.22. The summed E-state index contributed by atoms with van der Waals surface area (Å²) in [6.07, 6.45) is 0. The first-order valence-electron chi connectivity index (χ1n) is 6.50. The molecular weight excluding hydrogens is 306 g/mol. The fraction of sp³-hybridized carbons (Fsp3) is 0.200. The van der Waals surface area contributed by atoms with Crippen molar-refractivity contribution in [3.05, 3.63) is 69.3 Å². The van der Waals surface area contributed by atoms with Gasteiger partial charge in [-0.2, -0.15) is 8.42 Å². The highest BCUT2D eigenvalue weighted by Gasteiger charge is 2.22. The number of nitrogens with zero attached hydrogens (tertiary/aromatic N) is 1. The van der Waals surface area contributed by atoms with Gasteiger partial charge in [-0.3, -0.25) is 10.1 Å². The van der Waals surface area contributed by atoms with Gasteiger partial charge >= 0.3 is 15.8 Å². The lowest BCUT2D eigenvalue weighted by molar-refractivity contribution is -0.385. The first kappa shape index (κ1) is 16.0. The molecule has 0 aromatic heterocycles. The minimum atomic E-state index is -3.98. The van der Waals surface area contributed by atoms with Crippen LogP contribution in [0.3, 0.4) is 0 Å². The zero-order valence-electron chi connectivity index (χ0n) is 12.1. The molecule has 2 rings (SSSR count). The smallest absolute Gasteiger partial charge is 0.313 e. The van der Waals surface area contributed by atoms with Crippen LogP contribution in [-0.2, 0) is 15.9 Å². The molecule has 0 N–H and O–H groups in total. The second kappa shape index (κ2) is 6.15. The minimum Gasteiger partial charge on any atom is -0.375 e. The van der Waals surface area contributed by atoms with Crippen molar-refractivity contribution >= 4 is 15.8 Å². The van der Waals surface area contributed by atoms with Crippen LogP contribution >= 0.6 is 0 Å². The summed E-state index contributed by atoms with van der Waals surface area (Å²) in [5.74, 6) is -0.616. The van der Waals surface area contributed by atoms with Gasteiger partial charge in [0, 0.05) is 6.07 Å². The van der Waals surface area contributed by atoms with Gasteiger partial charge in [0.25, 0.3) is 0 Å². The lowest BCUT2D eigenvalue weighted by Crippen LogP contribution is -2.13. The van der Waals surface area contributed by atoms with E-state index in [-0.39, 0.29) is 17.2 Å². The zero-order chi connectivity index (χ0) is 16.3. The Morgan fingerprint density at radius 3 is 2.45 bits per heavy atom. The highest BCUT2D eigenvalue weighted by atomic mass is 32.2. The van der Waals surface area contributed by atoms with Gasteiger partial charge in [0.2, 0.25) is 5.75 Å². The van der Waals surface area contributed by atoms with Crippen molar-refractivity contribution in [2.24, 2.45) is 0 Å². The maximum atomic E-state index is 12.1. The third-order valence-electron chi connectivity index (χ3n) is 3.12. The molecule has 0 radical (unpaired) electrons. The van der Waals surface area contributed by atoms with Crippen LogP contribution in [0, 0.1) is 24.0 Å². The van der Waals surface area contributed by atoms with Crippen LogP contribution in [-0.4, -0.2) is 13.3 Å². The Kier molecular flexibility index (Phi) is 4.46. The molecule has 116 valence electrons. The summed E-state index contributed by atoms with van der Waals surface area (Å²) in [6, 6.07) is 11.1. The number of benzene rings is 2. The standard InChI is InChI=1S/C15H15NO5S/c1-11-7-8-15(14(9-11)16(17)18)21-22(19,20)10-13-6-4-3-5-12(13)2/h3-9H,10H2,1-2H3. The van der Waals surface area contributed by atoms with Crippen LogP contribution in [0.2, 0.25) is 0 Å². The molecule has 0 saturated carbocycles. The first-order valence-corrected chi connectivity index (χ1v) is 8.08. The Balaban J connectivity index is 2.30. The third kappa shape index (κ3) is 3.82. The topological polar surface area (TPSA) is 86.5 Å². The second-order valence-corrected chi connectivity index (χ2v) is 6.51. The quantitative estimate of drug-likeness (QED) is 0.480. The summed E-state index contributed by atoms with van der Waals surface area (Å²) in [5, 5.41) is 11.0. The van der Waals surface area contributed by atoms with E-state index in [0.29, 0.717) is 11.1 Å². The molecule has 2 aromatic carbocycles. The summed E-state index contributed by atoms with van der Waals surface area (Å²) >= 11 is 0. The van der Waals surface area contributed by atoms with E-state index in [1.165, 1.54) is 12.1 Å². The van der Waals surface area contributed by atoms with E-state index in [9.17, 15) is 18.5 Å². The van der Waals surface area contributed by atoms with Gasteiger partial charge in [-0.25, -0.2) is 0 Å². The second-order valence-electron chi connectivity index (χ2n) is 4.94. The summed E-state index contributed by atoms with van der Waals surface area (Å²) in [4.78, 5) is 10.3. The van der Waals surface area contributed by atoms with Gasteiger partial charge in [0.15, 0.2) is 0 Å². The van der Waals surface area contributed by atoms with Crippen LogP contribution in [0.4, 0.5) is 5.69 Å². The maximum absolute atomic E-state index is 12.1. The molecule has 0 atom stereocenters. The van der Waals surface area contributed by atoms with Gasteiger partial charge in [0.05, 0.1) is 4.92 Å². The SMILES string of the molecule is Cc1ccc(OS(=O)(=O)Cc2ccccc2C)c([N+](=O)[O-])c1. The van der Waals surface area contributed by atoms with Crippen LogP contribution < -0.4 is 4.18 Å². The fourth-order valence-corrected chi connectivity index (χ4v) is 3.15. The molecule has 7 heteroatoms. The highest BCUT2D eigenvalue weighted by molar-refractivity contribution is 7.86. The number of nitro groups is 1. The molecule has 0 spiro atoms. The summed E-state index contributed by atoms with van der Waals surface area (Å²) in [7, 11) is -3.98. The largest absolute Gasteiger partial charge is 0.375 e. The van der Waals surface area contributed by atoms with Gasteiger partial charge in [0.1, 0.15) is 5.75 Å². The summed E-state index contributed by atoms with van der Waals surface area (Å²) in [5.41, 5.74) is 1.69. The van der Waals surface area contributed by atoms with Crippen LogP contribution in [0.5, 0.6) is 5.75 Å². The highest BCUT2D eigenvalue weighted by Crippen LogP contribution is 2.29. The average Bonchev–Trinajstić information content (AvgIpc) is 2.42. The van der Waals surface area contributed by atoms with Crippen molar-refractivity contribution < 1.29 is 17.5 Å². The zero-order valence-corrected chi connectivity index (χ0v) is 13.0. The molecule has 0 aliphatic rings. The number of hydrogen-bond acceptors (Lipinski definition) is 5. The van der Waals surface area contributed by atoms with Crippen molar-refractivity contribution in [2.75, 3.05) is 0 Å². The Hall–Kier alpha value is -2.41. The molecule has 6 nitrogen and oxygen atoms in total. The van der Waals surface area contributed by atoms with Gasteiger partial charge in [-0.1, -0.05) is 30.3 Å².